The summed E-state index contributed by atoms with van der Waals surface area (Å²) < 4.78 is 16.9. The summed E-state index contributed by atoms with van der Waals surface area (Å²) in [6.07, 6.45) is 76.1. The van der Waals surface area contributed by atoms with Gasteiger partial charge in [-0.3, -0.25) is 14.4 Å². The molecule has 0 N–H and O–H groups in total. The summed E-state index contributed by atoms with van der Waals surface area (Å²) in [5.74, 6) is -0.906. The van der Waals surface area contributed by atoms with Crippen LogP contribution in [0.15, 0.2) is 72.9 Å². The molecule has 6 nitrogen and oxygen atoms in total. The van der Waals surface area contributed by atoms with Crippen LogP contribution in [0.1, 0.15) is 303 Å². The lowest BCUT2D eigenvalue weighted by molar-refractivity contribution is -0.167. The van der Waals surface area contributed by atoms with E-state index in [1.54, 1.807) is 0 Å². The highest BCUT2D eigenvalue weighted by atomic mass is 16.6. The van der Waals surface area contributed by atoms with Gasteiger partial charge in [0.05, 0.1) is 0 Å². The second-order valence-electron chi connectivity index (χ2n) is 20.2. The van der Waals surface area contributed by atoms with Crippen LogP contribution in [0.5, 0.6) is 0 Å². The Kier molecular flexibility index (Phi) is 56.8. The summed E-state index contributed by atoms with van der Waals surface area (Å²) in [5.41, 5.74) is 0. The van der Waals surface area contributed by atoms with Gasteiger partial charge in [0.15, 0.2) is 6.10 Å². The Morgan fingerprint density at radius 1 is 0.282 bits per heavy atom. The molecule has 6 heteroatoms. The van der Waals surface area contributed by atoms with Crippen molar-refractivity contribution in [3.05, 3.63) is 72.9 Å². The van der Waals surface area contributed by atoms with Crippen LogP contribution in [-0.2, 0) is 28.6 Å². The minimum Gasteiger partial charge on any atom is -0.462 e. The fourth-order valence-electron chi connectivity index (χ4n) is 8.53. The normalized spacial score (nSPS) is 12.5. The summed E-state index contributed by atoms with van der Waals surface area (Å²) in [4.78, 5) is 38.2. The van der Waals surface area contributed by atoms with Gasteiger partial charge >= 0.3 is 17.9 Å². The van der Waals surface area contributed by atoms with E-state index in [9.17, 15) is 14.4 Å². The van der Waals surface area contributed by atoms with Gasteiger partial charge in [-0.05, 0) is 116 Å². The second kappa shape index (κ2) is 59.4. The lowest BCUT2D eigenvalue weighted by Crippen LogP contribution is -2.30. The van der Waals surface area contributed by atoms with Crippen molar-refractivity contribution in [1.82, 2.24) is 0 Å². The Bertz CT molecular complexity index is 1320. The quantitative estimate of drug-likeness (QED) is 0.0261. The van der Waals surface area contributed by atoms with Crippen molar-refractivity contribution in [2.45, 2.75) is 309 Å². The zero-order valence-electron chi connectivity index (χ0n) is 47.0. The zero-order valence-corrected chi connectivity index (χ0v) is 47.0. The van der Waals surface area contributed by atoms with Crippen molar-refractivity contribution >= 4 is 17.9 Å². The number of esters is 3. The molecule has 0 aromatic heterocycles. The average molecular weight is 992 g/mol. The first-order chi connectivity index (χ1) is 35.0. The summed E-state index contributed by atoms with van der Waals surface area (Å²) in [7, 11) is 0. The Labute approximate surface area is 440 Å². The summed E-state index contributed by atoms with van der Waals surface area (Å²) >= 11 is 0. The highest BCUT2D eigenvalue weighted by Gasteiger charge is 2.19. The van der Waals surface area contributed by atoms with Crippen LogP contribution >= 0.6 is 0 Å². The third-order valence-electron chi connectivity index (χ3n) is 13.2. The highest BCUT2D eigenvalue weighted by Crippen LogP contribution is 2.15. The molecule has 0 spiro atoms. The van der Waals surface area contributed by atoms with Crippen LogP contribution in [0.2, 0.25) is 0 Å². The first-order valence-electron chi connectivity index (χ1n) is 30.4. The van der Waals surface area contributed by atoms with E-state index in [0.29, 0.717) is 19.3 Å². The Hall–Kier alpha value is -3.15. The van der Waals surface area contributed by atoms with Gasteiger partial charge in [-0.2, -0.15) is 0 Å². The van der Waals surface area contributed by atoms with Crippen molar-refractivity contribution in [2.24, 2.45) is 0 Å². The largest absolute Gasteiger partial charge is 0.462 e. The zero-order chi connectivity index (χ0) is 51.4. The van der Waals surface area contributed by atoms with Crippen molar-refractivity contribution in [3.63, 3.8) is 0 Å². The molecule has 0 aliphatic heterocycles. The van der Waals surface area contributed by atoms with Crippen molar-refractivity contribution in [2.75, 3.05) is 13.2 Å². The van der Waals surface area contributed by atoms with Crippen LogP contribution in [0.4, 0.5) is 0 Å². The molecule has 410 valence electrons. The van der Waals surface area contributed by atoms with E-state index in [0.717, 1.165) is 109 Å². The van der Waals surface area contributed by atoms with Gasteiger partial charge < -0.3 is 14.2 Å². The molecule has 0 heterocycles. The number of carbonyl (C=O) groups is 3. The van der Waals surface area contributed by atoms with Crippen LogP contribution in [0, 0.1) is 0 Å². The maximum absolute atomic E-state index is 12.9. The van der Waals surface area contributed by atoms with Crippen molar-refractivity contribution in [3.8, 4) is 0 Å². The molecule has 0 bridgehead atoms. The van der Waals surface area contributed by atoms with Gasteiger partial charge in [-0.15, -0.1) is 0 Å². The molecular weight excluding hydrogens is 877 g/mol. The molecule has 0 saturated heterocycles. The number of hydrogen-bond acceptors (Lipinski definition) is 6. The molecule has 0 rings (SSSR count). The topological polar surface area (TPSA) is 78.9 Å². The first-order valence-corrected chi connectivity index (χ1v) is 30.4. The van der Waals surface area contributed by atoms with Gasteiger partial charge in [-0.25, -0.2) is 0 Å². The van der Waals surface area contributed by atoms with Crippen LogP contribution in [0.25, 0.3) is 0 Å². The molecule has 71 heavy (non-hydrogen) atoms. The fraction of sp³-hybridized carbons (Fsp3) is 0.769. The molecule has 0 aromatic rings. The van der Waals surface area contributed by atoms with E-state index in [1.807, 2.05) is 0 Å². The maximum atomic E-state index is 12.9. The third-order valence-corrected chi connectivity index (χ3v) is 13.2. The summed E-state index contributed by atoms with van der Waals surface area (Å²) in [6, 6.07) is 0. The Morgan fingerprint density at radius 2 is 0.507 bits per heavy atom. The Balaban J connectivity index is 4.37. The number of hydrogen-bond donors (Lipinski definition) is 0. The Morgan fingerprint density at radius 3 is 0.831 bits per heavy atom. The van der Waals surface area contributed by atoms with E-state index in [4.69, 9.17) is 14.2 Å². The van der Waals surface area contributed by atoms with Crippen LogP contribution in [0.3, 0.4) is 0 Å². The second-order valence-corrected chi connectivity index (χ2v) is 20.2. The molecule has 0 radical (unpaired) electrons. The summed E-state index contributed by atoms with van der Waals surface area (Å²) in [6.45, 7) is 6.59. The number of ether oxygens (including phenoxy) is 3. The molecule has 0 saturated carbocycles. The van der Waals surface area contributed by atoms with Crippen LogP contribution in [-0.4, -0.2) is 37.2 Å². The lowest BCUT2D eigenvalue weighted by atomic mass is 10.1. The third kappa shape index (κ3) is 57.6. The standard InChI is InChI=1S/C65H114O6/c1-4-7-10-13-16-19-22-25-28-29-30-31-32-33-34-35-38-40-43-46-49-52-55-58-64(67)70-61-62(71-65(68)59-56-53-50-47-44-41-37-27-24-21-18-15-12-9-6-3)60-69-63(66)57-54-51-48-45-42-39-36-26-23-20-17-14-11-8-5-2/h18,21-22,25-27,29-30,32-33,36-37,62H,4-17,19-20,23-24,28,31,34-35,38-61H2,1-3H3/b21-18-,25-22-,30-29-,33-32-,36-26-,37-27-. The van der Waals surface area contributed by atoms with E-state index in [2.05, 4.69) is 93.7 Å². The highest BCUT2D eigenvalue weighted by molar-refractivity contribution is 5.71. The smallest absolute Gasteiger partial charge is 0.306 e. The molecule has 0 amide bonds. The monoisotopic (exact) mass is 991 g/mol. The molecule has 1 atom stereocenters. The van der Waals surface area contributed by atoms with Crippen molar-refractivity contribution < 1.29 is 28.6 Å². The van der Waals surface area contributed by atoms with E-state index >= 15 is 0 Å². The van der Waals surface area contributed by atoms with Gasteiger partial charge in [0.2, 0.25) is 0 Å². The molecule has 0 aliphatic rings. The lowest BCUT2D eigenvalue weighted by Gasteiger charge is -2.18. The fourth-order valence-corrected chi connectivity index (χ4v) is 8.53. The van der Waals surface area contributed by atoms with Gasteiger partial charge in [0.1, 0.15) is 13.2 Å². The van der Waals surface area contributed by atoms with Crippen LogP contribution < -0.4 is 0 Å². The van der Waals surface area contributed by atoms with E-state index < -0.39 is 6.10 Å². The minimum absolute atomic E-state index is 0.0870. The molecular formula is C65H114O6. The molecule has 0 fully saturated rings. The SMILES string of the molecule is CCCCC/C=C\C/C=C\CCCCCCCC(=O)OC(COC(=O)CCCCCCC/C=C\CCCCCCCC)COC(=O)CCCCCCCCCC/C=C\C/C=C\C/C=C\CCCCCCC. The molecule has 0 aliphatic carbocycles. The van der Waals surface area contributed by atoms with Gasteiger partial charge in [0, 0.05) is 19.3 Å². The van der Waals surface area contributed by atoms with E-state index in [1.165, 1.54) is 154 Å². The van der Waals surface area contributed by atoms with Crippen molar-refractivity contribution in [1.29, 1.82) is 0 Å². The number of rotatable bonds is 55. The predicted octanol–water partition coefficient (Wildman–Crippen LogP) is 20.5. The predicted molar refractivity (Wildman–Crippen MR) is 307 cm³/mol. The number of unbranched alkanes of at least 4 members (excludes halogenated alkanes) is 32. The van der Waals surface area contributed by atoms with E-state index in [-0.39, 0.29) is 31.1 Å². The summed E-state index contributed by atoms with van der Waals surface area (Å²) in [5, 5.41) is 0. The average Bonchev–Trinajstić information content (AvgIpc) is 3.37. The first kappa shape index (κ1) is 67.8. The van der Waals surface area contributed by atoms with Gasteiger partial charge in [-0.1, -0.05) is 241 Å². The number of carbonyl (C=O) groups excluding carboxylic acids is 3. The number of allylic oxidation sites excluding steroid dienone is 12. The molecule has 0 aromatic carbocycles. The molecule has 1 unspecified atom stereocenters. The van der Waals surface area contributed by atoms with Gasteiger partial charge in [0.25, 0.3) is 0 Å². The maximum Gasteiger partial charge on any atom is 0.306 e. The minimum atomic E-state index is -0.790.